The van der Waals surface area contributed by atoms with Gasteiger partial charge in [-0.05, 0) is 49.7 Å². The van der Waals surface area contributed by atoms with Gasteiger partial charge in [0.25, 0.3) is 5.91 Å². The minimum absolute atomic E-state index is 0.232. The van der Waals surface area contributed by atoms with E-state index in [9.17, 15) is 9.59 Å². The maximum atomic E-state index is 12.0. The zero-order valence-corrected chi connectivity index (χ0v) is 17.5. The fourth-order valence-electron chi connectivity index (χ4n) is 2.78. The molecule has 1 amide bonds. The number of nitrogens with one attached hydrogen (secondary N) is 1. The molecule has 0 unspecified atom stereocenters. The smallest absolute Gasteiger partial charge is 0.336 e. The molecule has 3 rings (SSSR count). The highest BCUT2D eigenvalue weighted by Crippen LogP contribution is 2.30. The van der Waals surface area contributed by atoms with Crippen molar-refractivity contribution in [2.24, 2.45) is 0 Å². The number of fused-ring (bicyclic) bond motifs is 1. The molecule has 0 atom stereocenters. The molecule has 8 heteroatoms. The molecule has 7 nitrogen and oxygen atoms in total. The number of hydrogen-bond donors (Lipinski definition) is 1. The van der Waals surface area contributed by atoms with E-state index in [1.54, 1.807) is 25.1 Å². The van der Waals surface area contributed by atoms with Crippen molar-refractivity contribution in [3.8, 4) is 17.2 Å². The highest BCUT2D eigenvalue weighted by Gasteiger charge is 2.11. The highest BCUT2D eigenvalue weighted by molar-refractivity contribution is 6.32. The predicted octanol–water partition coefficient (Wildman–Crippen LogP) is 3.73. The van der Waals surface area contributed by atoms with E-state index in [1.165, 1.54) is 12.1 Å². The molecule has 1 heterocycles. The van der Waals surface area contributed by atoms with Crippen LogP contribution in [0.4, 0.5) is 0 Å². The first-order valence-electron chi connectivity index (χ1n) is 9.45. The normalized spacial score (nSPS) is 10.6. The summed E-state index contributed by atoms with van der Waals surface area (Å²) in [6, 6.07) is 11.8. The summed E-state index contributed by atoms with van der Waals surface area (Å²) in [7, 11) is 0. The maximum Gasteiger partial charge on any atom is 0.336 e. The van der Waals surface area contributed by atoms with E-state index in [0.717, 1.165) is 11.3 Å². The molecule has 0 fully saturated rings. The SMILES string of the molecule is CCOc1ccc(OCCNC(=O)COc2cc3oc(=O)cc(C)c3cc2Cl)cc1. The van der Waals surface area contributed by atoms with Crippen molar-refractivity contribution in [1.82, 2.24) is 5.32 Å². The van der Waals surface area contributed by atoms with Gasteiger partial charge in [0.05, 0.1) is 18.2 Å². The van der Waals surface area contributed by atoms with Crippen LogP contribution in [0.3, 0.4) is 0 Å². The third kappa shape index (κ3) is 5.67. The van der Waals surface area contributed by atoms with E-state index >= 15 is 0 Å². The Hall–Kier alpha value is -3.19. The average Bonchev–Trinajstić information content (AvgIpc) is 2.72. The second-order valence-corrected chi connectivity index (χ2v) is 6.83. The number of carbonyl (C=O) groups excluding carboxylic acids is 1. The van der Waals surface area contributed by atoms with Gasteiger partial charge >= 0.3 is 5.63 Å². The maximum absolute atomic E-state index is 12.0. The van der Waals surface area contributed by atoms with E-state index in [0.29, 0.717) is 41.5 Å². The van der Waals surface area contributed by atoms with Crippen LogP contribution in [0.1, 0.15) is 12.5 Å². The van der Waals surface area contributed by atoms with Crippen molar-refractivity contribution in [3.63, 3.8) is 0 Å². The summed E-state index contributed by atoms with van der Waals surface area (Å²) < 4.78 is 21.6. The van der Waals surface area contributed by atoms with Crippen LogP contribution in [0.25, 0.3) is 11.0 Å². The van der Waals surface area contributed by atoms with Gasteiger partial charge in [0.15, 0.2) is 6.61 Å². The Morgan fingerprint density at radius 2 is 1.77 bits per heavy atom. The second kappa shape index (κ2) is 10.0. The molecule has 0 aliphatic carbocycles. The minimum atomic E-state index is -0.460. The van der Waals surface area contributed by atoms with Crippen molar-refractivity contribution >= 4 is 28.5 Å². The van der Waals surface area contributed by atoms with Gasteiger partial charge in [-0.25, -0.2) is 4.79 Å². The Kier molecular flexibility index (Phi) is 7.19. The average molecular weight is 432 g/mol. The van der Waals surface area contributed by atoms with Crippen LogP contribution >= 0.6 is 11.6 Å². The number of hydrogen-bond acceptors (Lipinski definition) is 6. The second-order valence-electron chi connectivity index (χ2n) is 6.42. The van der Waals surface area contributed by atoms with E-state index in [2.05, 4.69) is 5.32 Å². The zero-order valence-electron chi connectivity index (χ0n) is 16.7. The number of ether oxygens (including phenoxy) is 3. The van der Waals surface area contributed by atoms with Crippen molar-refractivity contribution in [2.75, 3.05) is 26.4 Å². The van der Waals surface area contributed by atoms with Crippen LogP contribution in [-0.4, -0.2) is 32.3 Å². The van der Waals surface area contributed by atoms with Crippen LogP contribution in [0.2, 0.25) is 5.02 Å². The lowest BCUT2D eigenvalue weighted by atomic mass is 10.1. The minimum Gasteiger partial charge on any atom is -0.494 e. The molecule has 0 aliphatic heterocycles. The molecular weight excluding hydrogens is 410 g/mol. The Labute approximate surface area is 178 Å². The predicted molar refractivity (Wildman–Crippen MR) is 114 cm³/mol. The van der Waals surface area contributed by atoms with Crippen LogP contribution < -0.4 is 25.2 Å². The summed E-state index contributed by atoms with van der Waals surface area (Å²) in [5.41, 5.74) is 0.641. The van der Waals surface area contributed by atoms with Crippen LogP contribution in [0, 0.1) is 6.92 Å². The molecule has 0 aliphatic rings. The number of amides is 1. The first-order valence-corrected chi connectivity index (χ1v) is 9.83. The molecule has 2 aromatic carbocycles. The molecule has 3 aromatic rings. The number of halogens is 1. The Morgan fingerprint density at radius 1 is 1.07 bits per heavy atom. The molecule has 0 radical (unpaired) electrons. The van der Waals surface area contributed by atoms with Gasteiger partial charge in [-0.15, -0.1) is 0 Å². The number of benzene rings is 2. The molecule has 0 saturated carbocycles. The topological polar surface area (TPSA) is 87.0 Å². The monoisotopic (exact) mass is 431 g/mol. The summed E-state index contributed by atoms with van der Waals surface area (Å²) >= 11 is 6.22. The fourth-order valence-corrected chi connectivity index (χ4v) is 3.00. The van der Waals surface area contributed by atoms with Gasteiger partial charge in [0.1, 0.15) is 29.4 Å². The summed E-state index contributed by atoms with van der Waals surface area (Å²) in [6.45, 7) is 4.70. The van der Waals surface area contributed by atoms with Crippen molar-refractivity contribution in [1.29, 1.82) is 0 Å². The highest BCUT2D eigenvalue weighted by atomic mass is 35.5. The van der Waals surface area contributed by atoms with Crippen LogP contribution in [0.15, 0.2) is 51.7 Å². The summed E-state index contributed by atoms with van der Waals surface area (Å²) in [5, 5.41) is 3.74. The molecule has 0 spiro atoms. The number of carbonyl (C=O) groups is 1. The van der Waals surface area contributed by atoms with Gasteiger partial charge in [-0.1, -0.05) is 11.6 Å². The third-order valence-corrected chi connectivity index (χ3v) is 4.49. The summed E-state index contributed by atoms with van der Waals surface area (Å²) in [6.07, 6.45) is 0. The van der Waals surface area contributed by atoms with Crippen LogP contribution in [0.5, 0.6) is 17.2 Å². The quantitative estimate of drug-likeness (QED) is 0.410. The Morgan fingerprint density at radius 3 is 2.47 bits per heavy atom. The van der Waals surface area contributed by atoms with Gasteiger partial charge in [-0.2, -0.15) is 0 Å². The lowest BCUT2D eigenvalue weighted by molar-refractivity contribution is -0.123. The van der Waals surface area contributed by atoms with E-state index in [4.69, 9.17) is 30.2 Å². The zero-order chi connectivity index (χ0) is 21.5. The summed E-state index contributed by atoms with van der Waals surface area (Å²) in [5.74, 6) is 1.40. The largest absolute Gasteiger partial charge is 0.494 e. The van der Waals surface area contributed by atoms with Crippen molar-refractivity contribution in [2.45, 2.75) is 13.8 Å². The molecule has 1 N–H and O–H groups in total. The first-order chi connectivity index (χ1) is 14.5. The molecule has 30 heavy (non-hydrogen) atoms. The fraction of sp³-hybridized carbons (Fsp3) is 0.273. The van der Waals surface area contributed by atoms with E-state index in [1.807, 2.05) is 19.1 Å². The summed E-state index contributed by atoms with van der Waals surface area (Å²) in [4.78, 5) is 23.5. The molecule has 0 saturated heterocycles. The Bertz CT molecular complexity index is 1080. The van der Waals surface area contributed by atoms with E-state index in [-0.39, 0.29) is 18.3 Å². The van der Waals surface area contributed by atoms with Gasteiger partial charge in [0, 0.05) is 17.5 Å². The molecule has 158 valence electrons. The van der Waals surface area contributed by atoms with Crippen molar-refractivity contribution in [3.05, 3.63) is 63.5 Å². The van der Waals surface area contributed by atoms with Gasteiger partial charge in [-0.3, -0.25) is 4.79 Å². The van der Waals surface area contributed by atoms with Crippen LogP contribution in [-0.2, 0) is 4.79 Å². The van der Waals surface area contributed by atoms with Crippen molar-refractivity contribution < 1.29 is 23.4 Å². The molecular formula is C22H22ClNO6. The lowest BCUT2D eigenvalue weighted by Gasteiger charge is -2.11. The number of aryl methyl sites for hydroxylation is 1. The lowest BCUT2D eigenvalue weighted by Crippen LogP contribution is -2.32. The Balaban J connectivity index is 1.46. The third-order valence-electron chi connectivity index (χ3n) is 4.19. The molecule has 0 bridgehead atoms. The van der Waals surface area contributed by atoms with Gasteiger partial charge in [0.2, 0.25) is 0 Å². The number of rotatable bonds is 9. The first kappa shape index (κ1) is 21.5. The standard InChI is InChI=1S/C22H22ClNO6/c1-3-27-15-4-6-16(7-5-15)28-9-8-24-21(25)13-29-20-12-19-17(11-18(20)23)14(2)10-22(26)30-19/h4-7,10-12H,3,8-9,13H2,1-2H3,(H,24,25). The van der Waals surface area contributed by atoms with Gasteiger partial charge < -0.3 is 23.9 Å². The molecule has 1 aromatic heterocycles. The van der Waals surface area contributed by atoms with E-state index < -0.39 is 5.63 Å².